The maximum absolute atomic E-state index is 13.3. The lowest BCUT2D eigenvalue weighted by Crippen LogP contribution is -2.37. The average molecular weight is 359 g/mol. The third kappa shape index (κ3) is 3.35. The van der Waals surface area contributed by atoms with Gasteiger partial charge in [-0.05, 0) is 59.9 Å². The molecule has 1 amide bonds. The van der Waals surface area contributed by atoms with Gasteiger partial charge in [-0.2, -0.15) is 5.26 Å². The molecule has 2 aromatic rings. The normalized spacial score (nSPS) is 25.9. The molecule has 27 heavy (non-hydrogen) atoms. The van der Waals surface area contributed by atoms with Crippen molar-refractivity contribution in [1.29, 1.82) is 5.26 Å². The van der Waals surface area contributed by atoms with E-state index in [0.29, 0.717) is 17.2 Å². The van der Waals surface area contributed by atoms with Crippen LogP contribution in [-0.4, -0.2) is 28.4 Å². The van der Waals surface area contributed by atoms with Crippen molar-refractivity contribution in [1.82, 2.24) is 9.88 Å². The predicted octanol–water partition coefficient (Wildman–Crippen LogP) is 4.66. The molecule has 2 fully saturated rings. The van der Waals surface area contributed by atoms with E-state index in [2.05, 4.69) is 30.7 Å². The number of amides is 1. The first kappa shape index (κ1) is 17.7. The van der Waals surface area contributed by atoms with Crippen molar-refractivity contribution in [3.05, 3.63) is 53.9 Å². The maximum Gasteiger partial charge on any atom is 0.254 e. The number of nitrogens with zero attached hydrogens (tertiary/aromatic N) is 3. The molecular weight excluding hydrogens is 334 g/mol. The van der Waals surface area contributed by atoms with Crippen LogP contribution >= 0.6 is 0 Å². The minimum absolute atomic E-state index is 0.130. The summed E-state index contributed by atoms with van der Waals surface area (Å²) in [5.41, 5.74) is 3.51. The molecule has 1 saturated heterocycles. The first-order chi connectivity index (χ1) is 12.8. The SMILES string of the molecule is CC1(C)C[C@@H]2C[C@@](C)(CN2C(=O)c2cccc(-c3ccc(C#N)nc3)c2)C1. The Balaban J connectivity index is 1.61. The Morgan fingerprint density at radius 1 is 1.19 bits per heavy atom. The molecule has 0 radical (unpaired) electrons. The van der Waals surface area contributed by atoms with Gasteiger partial charge in [0.15, 0.2) is 0 Å². The fraction of sp³-hybridized carbons (Fsp3) is 0.435. The Kier molecular flexibility index (Phi) is 4.07. The van der Waals surface area contributed by atoms with E-state index in [-0.39, 0.29) is 11.3 Å². The van der Waals surface area contributed by atoms with Crippen molar-refractivity contribution < 1.29 is 4.79 Å². The number of aromatic nitrogens is 1. The summed E-state index contributed by atoms with van der Waals surface area (Å²) in [6.45, 7) is 7.82. The molecule has 0 N–H and O–H groups in total. The molecule has 2 atom stereocenters. The third-order valence-electron chi connectivity index (χ3n) is 6.00. The van der Waals surface area contributed by atoms with Gasteiger partial charge in [0.1, 0.15) is 11.8 Å². The Morgan fingerprint density at radius 2 is 2.00 bits per heavy atom. The Hall–Kier alpha value is -2.67. The van der Waals surface area contributed by atoms with E-state index >= 15 is 0 Å². The van der Waals surface area contributed by atoms with Crippen LogP contribution in [0.5, 0.6) is 0 Å². The molecule has 138 valence electrons. The van der Waals surface area contributed by atoms with Gasteiger partial charge >= 0.3 is 0 Å². The van der Waals surface area contributed by atoms with Gasteiger partial charge < -0.3 is 4.90 Å². The summed E-state index contributed by atoms with van der Waals surface area (Å²) >= 11 is 0. The van der Waals surface area contributed by atoms with Crippen molar-refractivity contribution in [3.63, 3.8) is 0 Å². The zero-order valence-corrected chi connectivity index (χ0v) is 16.2. The lowest BCUT2D eigenvalue weighted by atomic mass is 9.65. The van der Waals surface area contributed by atoms with Gasteiger partial charge in [-0.15, -0.1) is 0 Å². The number of hydrogen-bond acceptors (Lipinski definition) is 3. The van der Waals surface area contributed by atoms with Crippen LogP contribution in [-0.2, 0) is 0 Å². The summed E-state index contributed by atoms with van der Waals surface area (Å²) in [4.78, 5) is 19.5. The second-order valence-electron chi connectivity index (χ2n) is 9.27. The number of carbonyl (C=O) groups is 1. The summed E-state index contributed by atoms with van der Waals surface area (Å²) in [7, 11) is 0. The fourth-order valence-corrected chi connectivity index (χ4v) is 5.33. The fourth-order valence-electron chi connectivity index (χ4n) is 5.33. The number of pyridine rings is 1. The molecular formula is C23H25N3O. The van der Waals surface area contributed by atoms with E-state index < -0.39 is 0 Å². The Labute approximate surface area is 160 Å². The summed E-state index contributed by atoms with van der Waals surface area (Å²) in [5, 5.41) is 8.91. The smallest absolute Gasteiger partial charge is 0.254 e. The standard InChI is InChI=1S/C23H25N3O/c1-22(2)10-20-11-23(3,14-22)15-26(20)21(27)17-6-4-5-16(9-17)18-7-8-19(12-24)25-13-18/h4-9,13,20H,10-11,14-15H2,1-3H3/t20-,23-/m1/s1. The molecule has 2 bridgehead atoms. The highest BCUT2D eigenvalue weighted by Crippen LogP contribution is 2.52. The van der Waals surface area contributed by atoms with Crippen molar-refractivity contribution in [3.8, 4) is 17.2 Å². The number of benzene rings is 1. The average Bonchev–Trinajstić information content (AvgIpc) is 2.90. The molecule has 2 heterocycles. The highest BCUT2D eigenvalue weighted by atomic mass is 16.2. The van der Waals surface area contributed by atoms with E-state index in [1.54, 1.807) is 12.3 Å². The van der Waals surface area contributed by atoms with Gasteiger partial charge in [-0.25, -0.2) is 4.98 Å². The van der Waals surface area contributed by atoms with Crippen LogP contribution < -0.4 is 0 Å². The van der Waals surface area contributed by atoms with Gasteiger partial charge in [0.05, 0.1) is 0 Å². The Bertz CT molecular complexity index is 925. The van der Waals surface area contributed by atoms with Crippen LogP contribution in [0.1, 0.15) is 56.1 Å². The molecule has 4 rings (SSSR count). The van der Waals surface area contributed by atoms with Gasteiger partial charge in [0.25, 0.3) is 5.91 Å². The molecule has 4 heteroatoms. The summed E-state index contributed by atoms with van der Waals surface area (Å²) in [6.07, 6.45) is 5.06. The number of fused-ring (bicyclic) bond motifs is 2. The molecule has 1 aliphatic carbocycles. The number of carbonyl (C=O) groups excluding carboxylic acids is 1. The predicted molar refractivity (Wildman–Crippen MR) is 105 cm³/mol. The number of likely N-dealkylation sites (tertiary alicyclic amines) is 1. The summed E-state index contributed by atoms with van der Waals surface area (Å²) < 4.78 is 0. The highest BCUT2D eigenvalue weighted by molar-refractivity contribution is 5.96. The van der Waals surface area contributed by atoms with Gasteiger partial charge in [-0.1, -0.05) is 32.9 Å². The van der Waals surface area contributed by atoms with Crippen molar-refractivity contribution in [2.45, 2.75) is 46.1 Å². The van der Waals surface area contributed by atoms with Crippen LogP contribution in [0.15, 0.2) is 42.6 Å². The van der Waals surface area contributed by atoms with Crippen molar-refractivity contribution >= 4 is 5.91 Å². The quantitative estimate of drug-likeness (QED) is 0.783. The molecule has 0 unspecified atom stereocenters. The topological polar surface area (TPSA) is 57.0 Å². The number of rotatable bonds is 2. The number of nitriles is 1. The van der Waals surface area contributed by atoms with E-state index in [1.807, 2.05) is 36.4 Å². The largest absolute Gasteiger partial charge is 0.335 e. The third-order valence-corrected chi connectivity index (χ3v) is 6.00. The van der Waals surface area contributed by atoms with Crippen LogP contribution in [0.2, 0.25) is 0 Å². The highest BCUT2D eigenvalue weighted by Gasteiger charge is 2.51. The van der Waals surface area contributed by atoms with E-state index in [4.69, 9.17) is 5.26 Å². The molecule has 1 aliphatic heterocycles. The number of hydrogen-bond donors (Lipinski definition) is 0. The zero-order chi connectivity index (χ0) is 19.2. The first-order valence-corrected chi connectivity index (χ1v) is 9.56. The summed E-state index contributed by atoms with van der Waals surface area (Å²) in [6, 6.07) is 13.7. The zero-order valence-electron chi connectivity index (χ0n) is 16.2. The lowest BCUT2D eigenvalue weighted by Gasteiger charge is -2.39. The Morgan fingerprint density at radius 3 is 2.70 bits per heavy atom. The van der Waals surface area contributed by atoms with Crippen LogP contribution in [0.25, 0.3) is 11.1 Å². The molecule has 1 aromatic heterocycles. The minimum atomic E-state index is 0.130. The molecule has 2 aliphatic rings. The second kappa shape index (κ2) is 6.20. The molecule has 1 saturated carbocycles. The monoisotopic (exact) mass is 359 g/mol. The lowest BCUT2D eigenvalue weighted by molar-refractivity contribution is 0.0708. The van der Waals surface area contributed by atoms with E-state index in [9.17, 15) is 4.79 Å². The first-order valence-electron chi connectivity index (χ1n) is 9.56. The van der Waals surface area contributed by atoms with Crippen LogP contribution in [0, 0.1) is 22.2 Å². The van der Waals surface area contributed by atoms with Gasteiger partial charge in [-0.3, -0.25) is 4.79 Å². The van der Waals surface area contributed by atoms with Gasteiger partial charge in [0, 0.05) is 29.9 Å². The molecule has 1 aromatic carbocycles. The van der Waals surface area contributed by atoms with Crippen molar-refractivity contribution in [2.24, 2.45) is 10.8 Å². The van der Waals surface area contributed by atoms with Crippen molar-refractivity contribution in [2.75, 3.05) is 6.54 Å². The van der Waals surface area contributed by atoms with E-state index in [0.717, 1.165) is 36.1 Å². The maximum atomic E-state index is 13.3. The van der Waals surface area contributed by atoms with Gasteiger partial charge in [0.2, 0.25) is 0 Å². The molecule has 0 spiro atoms. The minimum Gasteiger partial charge on any atom is -0.335 e. The second-order valence-corrected chi connectivity index (χ2v) is 9.27. The summed E-state index contributed by atoms with van der Waals surface area (Å²) in [5.74, 6) is 0.130. The van der Waals surface area contributed by atoms with Crippen LogP contribution in [0.4, 0.5) is 0 Å². The van der Waals surface area contributed by atoms with E-state index in [1.165, 1.54) is 6.42 Å². The van der Waals surface area contributed by atoms with Crippen LogP contribution in [0.3, 0.4) is 0 Å². The molecule has 4 nitrogen and oxygen atoms in total.